The van der Waals surface area contributed by atoms with E-state index >= 15 is 0 Å². The van der Waals surface area contributed by atoms with E-state index in [9.17, 15) is 0 Å². The highest BCUT2D eigenvalue weighted by Crippen LogP contribution is 2.30. The van der Waals surface area contributed by atoms with Crippen LogP contribution in [0.25, 0.3) is 0 Å². The number of nitrogens with one attached hydrogen (secondary N) is 1. The van der Waals surface area contributed by atoms with Crippen LogP contribution >= 0.6 is 43.5 Å². The van der Waals surface area contributed by atoms with Crippen LogP contribution in [-0.2, 0) is 19.9 Å². The predicted molar refractivity (Wildman–Crippen MR) is 94.9 cm³/mol. The average molecular weight is 436 g/mol. The van der Waals surface area contributed by atoms with Gasteiger partial charge in [-0.2, -0.15) is 5.10 Å². The Hall–Kier alpha value is -0.360. The molecule has 6 heteroatoms. The fraction of sp³-hybridized carbons (Fsp3) is 0.400. The molecule has 0 amide bonds. The smallest absolute Gasteiger partial charge is 0.0766 e. The van der Waals surface area contributed by atoms with E-state index in [1.165, 1.54) is 11.3 Å². The lowest BCUT2D eigenvalue weighted by Gasteiger charge is -2.18. The van der Waals surface area contributed by atoms with Crippen molar-refractivity contribution >= 4 is 43.5 Å². The third-order valence-electron chi connectivity index (χ3n) is 3.59. The molecule has 21 heavy (non-hydrogen) atoms. The number of benzene rings is 1. The number of aromatic nitrogens is 2. The SMILES string of the molecule is CCc1nn(C)c(CC(NC)c2ccc(Cl)c(Br)c2)c1Br. The van der Waals surface area contributed by atoms with Gasteiger partial charge in [-0.3, -0.25) is 4.68 Å². The van der Waals surface area contributed by atoms with Crippen molar-refractivity contribution in [2.24, 2.45) is 7.05 Å². The summed E-state index contributed by atoms with van der Waals surface area (Å²) in [7, 11) is 3.96. The largest absolute Gasteiger partial charge is 0.313 e. The summed E-state index contributed by atoms with van der Waals surface area (Å²) < 4.78 is 3.99. The second-order valence-electron chi connectivity index (χ2n) is 4.90. The molecule has 2 rings (SSSR count). The molecular weight excluding hydrogens is 417 g/mol. The highest BCUT2D eigenvalue weighted by molar-refractivity contribution is 9.10. The van der Waals surface area contributed by atoms with Gasteiger partial charge in [-0.25, -0.2) is 0 Å². The summed E-state index contributed by atoms with van der Waals surface area (Å²) in [4.78, 5) is 0. The molecule has 0 aliphatic heterocycles. The van der Waals surface area contributed by atoms with E-state index in [2.05, 4.69) is 61.3 Å². The van der Waals surface area contributed by atoms with Crippen LogP contribution in [0.4, 0.5) is 0 Å². The predicted octanol–water partition coefficient (Wildman–Crippen LogP) is 4.66. The number of rotatable bonds is 5. The molecule has 1 unspecified atom stereocenters. The lowest BCUT2D eigenvalue weighted by molar-refractivity contribution is 0.560. The van der Waals surface area contributed by atoms with E-state index in [0.29, 0.717) is 0 Å². The lowest BCUT2D eigenvalue weighted by atomic mass is 10.0. The van der Waals surface area contributed by atoms with E-state index < -0.39 is 0 Å². The average Bonchev–Trinajstić information content (AvgIpc) is 2.74. The fourth-order valence-corrected chi connectivity index (χ4v) is 3.64. The normalized spacial score (nSPS) is 12.7. The standard InChI is InChI=1S/C15H18Br2ClN3/c1-4-12-15(17)14(21(3)20-12)8-13(19-2)9-5-6-11(18)10(16)7-9/h5-7,13,19H,4,8H2,1-3H3. The zero-order valence-corrected chi connectivity index (χ0v) is 16.2. The number of hydrogen-bond acceptors (Lipinski definition) is 2. The fourth-order valence-electron chi connectivity index (χ4n) is 2.35. The molecular formula is C15H18Br2ClN3. The number of nitrogens with zero attached hydrogens (tertiary/aromatic N) is 2. The van der Waals surface area contributed by atoms with Crippen molar-refractivity contribution in [1.82, 2.24) is 15.1 Å². The Morgan fingerprint density at radius 3 is 2.62 bits per heavy atom. The maximum absolute atomic E-state index is 6.07. The van der Waals surface area contributed by atoms with E-state index in [-0.39, 0.29) is 6.04 Å². The minimum atomic E-state index is 0.204. The van der Waals surface area contributed by atoms with Gasteiger partial charge >= 0.3 is 0 Å². The van der Waals surface area contributed by atoms with Crippen molar-refractivity contribution in [2.45, 2.75) is 25.8 Å². The van der Waals surface area contributed by atoms with Gasteiger partial charge in [-0.1, -0.05) is 24.6 Å². The highest BCUT2D eigenvalue weighted by atomic mass is 79.9. The quantitative estimate of drug-likeness (QED) is 0.740. The number of halogens is 3. The molecule has 1 aromatic carbocycles. The maximum atomic E-state index is 6.07. The van der Waals surface area contributed by atoms with Gasteiger partial charge in [0.25, 0.3) is 0 Å². The van der Waals surface area contributed by atoms with E-state index in [4.69, 9.17) is 11.6 Å². The van der Waals surface area contributed by atoms with Crippen molar-refractivity contribution in [2.75, 3.05) is 7.05 Å². The maximum Gasteiger partial charge on any atom is 0.0766 e. The number of likely N-dealkylation sites (N-methyl/N-ethyl adjacent to an activating group) is 1. The molecule has 0 bridgehead atoms. The summed E-state index contributed by atoms with van der Waals surface area (Å²) in [5.41, 5.74) is 3.48. The van der Waals surface area contributed by atoms with Crippen LogP contribution < -0.4 is 5.32 Å². The minimum absolute atomic E-state index is 0.204. The molecule has 1 aromatic heterocycles. The van der Waals surface area contributed by atoms with Gasteiger partial charge in [-0.05, 0) is 63.0 Å². The first-order valence-corrected chi connectivity index (χ1v) is 8.76. The van der Waals surface area contributed by atoms with Gasteiger partial charge in [0.2, 0.25) is 0 Å². The zero-order valence-electron chi connectivity index (χ0n) is 12.3. The third kappa shape index (κ3) is 3.70. The van der Waals surface area contributed by atoms with Gasteiger partial charge < -0.3 is 5.32 Å². The number of hydrogen-bond donors (Lipinski definition) is 1. The Bertz CT molecular complexity index is 640. The van der Waals surface area contributed by atoms with Gasteiger partial charge in [-0.15, -0.1) is 0 Å². The first-order chi connectivity index (χ1) is 9.97. The summed E-state index contributed by atoms with van der Waals surface area (Å²) >= 11 is 13.2. The first kappa shape index (κ1) is 17.0. The van der Waals surface area contributed by atoms with Crippen LogP contribution in [0.15, 0.2) is 27.1 Å². The van der Waals surface area contributed by atoms with E-state index in [0.717, 1.165) is 32.5 Å². The van der Waals surface area contributed by atoms with Gasteiger partial charge in [0.1, 0.15) is 0 Å². The van der Waals surface area contributed by atoms with Crippen LogP contribution in [0.2, 0.25) is 5.02 Å². The molecule has 0 aliphatic carbocycles. The highest BCUT2D eigenvalue weighted by Gasteiger charge is 2.18. The second kappa shape index (κ2) is 7.27. The molecule has 3 nitrogen and oxygen atoms in total. The second-order valence-corrected chi connectivity index (χ2v) is 6.96. The molecule has 114 valence electrons. The molecule has 1 atom stereocenters. The molecule has 1 heterocycles. The topological polar surface area (TPSA) is 29.9 Å². The van der Waals surface area contributed by atoms with Crippen LogP contribution in [0, 0.1) is 0 Å². The van der Waals surface area contributed by atoms with Crippen LogP contribution in [0.3, 0.4) is 0 Å². The van der Waals surface area contributed by atoms with Crippen molar-refractivity contribution in [3.63, 3.8) is 0 Å². The third-order valence-corrected chi connectivity index (χ3v) is 5.72. The van der Waals surface area contributed by atoms with Gasteiger partial charge in [0, 0.05) is 24.0 Å². The zero-order chi connectivity index (χ0) is 15.6. The molecule has 0 aliphatic rings. The van der Waals surface area contributed by atoms with Crippen LogP contribution in [-0.4, -0.2) is 16.8 Å². The Morgan fingerprint density at radius 1 is 1.38 bits per heavy atom. The van der Waals surface area contributed by atoms with Crippen molar-refractivity contribution in [3.05, 3.63) is 49.1 Å². The Kier molecular flexibility index (Phi) is 5.88. The Balaban J connectivity index is 2.31. The van der Waals surface area contributed by atoms with Crippen molar-refractivity contribution in [3.8, 4) is 0 Å². The summed E-state index contributed by atoms with van der Waals surface area (Å²) in [6.07, 6.45) is 1.78. The minimum Gasteiger partial charge on any atom is -0.313 e. The van der Waals surface area contributed by atoms with Crippen LogP contribution in [0.1, 0.15) is 29.9 Å². The van der Waals surface area contributed by atoms with Crippen LogP contribution in [0.5, 0.6) is 0 Å². The molecule has 0 spiro atoms. The van der Waals surface area contributed by atoms with E-state index in [1.807, 2.05) is 24.8 Å². The van der Waals surface area contributed by atoms with Gasteiger partial charge in [0.15, 0.2) is 0 Å². The van der Waals surface area contributed by atoms with E-state index in [1.54, 1.807) is 0 Å². The Morgan fingerprint density at radius 2 is 2.10 bits per heavy atom. The van der Waals surface area contributed by atoms with Gasteiger partial charge in [0.05, 0.1) is 20.9 Å². The summed E-state index contributed by atoms with van der Waals surface area (Å²) in [6.45, 7) is 2.11. The summed E-state index contributed by atoms with van der Waals surface area (Å²) in [5, 5.41) is 8.65. The summed E-state index contributed by atoms with van der Waals surface area (Å²) in [6, 6.07) is 6.24. The first-order valence-electron chi connectivity index (χ1n) is 6.80. The molecule has 2 aromatic rings. The molecule has 0 saturated carbocycles. The monoisotopic (exact) mass is 433 g/mol. The molecule has 0 fully saturated rings. The Labute approximate surface area is 147 Å². The molecule has 1 N–H and O–H groups in total. The lowest BCUT2D eigenvalue weighted by Crippen LogP contribution is -2.20. The molecule has 0 saturated heterocycles. The summed E-state index contributed by atoms with van der Waals surface area (Å²) in [5.74, 6) is 0. The van der Waals surface area contributed by atoms with Crippen molar-refractivity contribution in [1.29, 1.82) is 0 Å². The molecule has 0 radical (unpaired) electrons. The number of aryl methyl sites for hydroxylation is 2. The van der Waals surface area contributed by atoms with Crippen molar-refractivity contribution < 1.29 is 0 Å².